The molecule has 0 saturated heterocycles. The van der Waals surface area contributed by atoms with Crippen molar-refractivity contribution in [1.82, 2.24) is 27.9 Å². The smallest absolute Gasteiger partial charge is 0.220 e. The van der Waals surface area contributed by atoms with E-state index < -0.39 is 21.0 Å². The first-order chi connectivity index (χ1) is 26.1. The fourth-order valence-corrected chi connectivity index (χ4v) is 11.7. The molecule has 5 heterocycles. The van der Waals surface area contributed by atoms with Crippen LogP contribution in [0.5, 0.6) is 0 Å². The summed E-state index contributed by atoms with van der Waals surface area (Å²) in [6.07, 6.45) is 0. The number of benzene rings is 6. The van der Waals surface area contributed by atoms with Gasteiger partial charge in [-0.25, -0.2) is 9.97 Å². The second-order valence-electron chi connectivity index (χ2n) is 12.3. The minimum atomic E-state index is -4.65. The lowest BCUT2D eigenvalue weighted by atomic mass is 10.2. The number of hydrogen-bond donors (Lipinski definition) is 0. The van der Waals surface area contributed by atoms with Gasteiger partial charge in [0.1, 0.15) is 8.07 Å². The monoisotopic (exact) mass is 658 g/mol. The molecule has 228 valence electrons. The van der Waals surface area contributed by atoms with E-state index >= 15 is 0 Å². The molecule has 0 spiro atoms. The van der Waals surface area contributed by atoms with E-state index in [0.29, 0.717) is 43.1 Å². The summed E-state index contributed by atoms with van der Waals surface area (Å²) in [7, 11) is -4.65. The zero-order valence-electron chi connectivity index (χ0n) is 31.3. The topological polar surface area (TPSA) is 44.5 Å². The van der Waals surface area contributed by atoms with E-state index in [2.05, 4.69) is 8.80 Å². The summed E-state index contributed by atoms with van der Waals surface area (Å²) in [6.45, 7) is -5.68. The second kappa shape index (κ2) is 9.28. The second-order valence-corrected chi connectivity index (χ2v) is 15.9. The largest absolute Gasteiger partial charge is 0.278 e. The Balaban J connectivity index is 1.22. The van der Waals surface area contributed by atoms with E-state index in [0.717, 1.165) is 44.1 Å². The van der Waals surface area contributed by atoms with Gasteiger partial charge in [0.05, 0.1) is 49.8 Å². The Bertz CT molecular complexity index is 3190. The molecule has 0 bridgehead atoms. The van der Waals surface area contributed by atoms with Crippen molar-refractivity contribution in [3.05, 3.63) is 133 Å². The first-order valence-electron chi connectivity index (χ1n) is 18.8. The molecule has 0 saturated carbocycles. The highest BCUT2D eigenvalue weighted by molar-refractivity contribution is 8.00. The Morgan fingerprint density at radius 2 is 1.10 bits per heavy atom. The van der Waals surface area contributed by atoms with Crippen LogP contribution in [0.2, 0.25) is 13.0 Å². The number of hydrogen-bond acceptors (Lipinski definition) is 3. The summed E-state index contributed by atoms with van der Waals surface area (Å²) in [5.74, 6) is 1.33. The van der Waals surface area contributed by atoms with Gasteiger partial charge >= 0.3 is 0 Å². The quantitative estimate of drug-likeness (QED) is 0.175. The maximum Gasteiger partial charge on any atom is 0.220 e. The summed E-state index contributed by atoms with van der Waals surface area (Å²) < 4.78 is 63.7. The fourth-order valence-electron chi connectivity index (χ4n) is 7.59. The molecule has 6 nitrogen and oxygen atoms in total. The first kappa shape index (κ1) is 21.3. The molecule has 0 amide bonds. The fraction of sp³-hybridized carbons (Fsp3) is 0.0500. The summed E-state index contributed by atoms with van der Waals surface area (Å²) >= 11 is 1.43. The third-order valence-corrected chi connectivity index (χ3v) is 13.7. The Labute approximate surface area is 289 Å². The summed E-state index contributed by atoms with van der Waals surface area (Å²) in [6, 6.07) is 43.0. The van der Waals surface area contributed by atoms with Gasteiger partial charge in [0.2, 0.25) is 11.6 Å². The van der Waals surface area contributed by atoms with Crippen molar-refractivity contribution in [1.29, 1.82) is 0 Å². The zero-order valence-corrected chi connectivity index (χ0v) is 27.1. The van der Waals surface area contributed by atoms with Crippen molar-refractivity contribution >= 4 is 85.9 Å². The first-order valence-corrected chi connectivity index (χ1v) is 18.6. The van der Waals surface area contributed by atoms with Gasteiger partial charge < -0.3 is 0 Å². The molecule has 10 aromatic rings. The van der Waals surface area contributed by atoms with Crippen LogP contribution >= 0.6 is 11.8 Å². The number of nitrogens with zero attached hydrogens (tertiary/aromatic N) is 6. The molecule has 0 fully saturated rings. The molecule has 48 heavy (non-hydrogen) atoms. The predicted molar refractivity (Wildman–Crippen MR) is 200 cm³/mol. The van der Waals surface area contributed by atoms with Crippen molar-refractivity contribution < 1.29 is 8.22 Å². The van der Waals surface area contributed by atoms with Gasteiger partial charge in [0.25, 0.3) is 0 Å². The minimum Gasteiger partial charge on any atom is -0.278 e. The average Bonchev–Trinajstić information content (AvgIpc) is 3.89. The number of para-hydroxylation sites is 8. The molecule has 8 heteroatoms. The van der Waals surface area contributed by atoms with Crippen molar-refractivity contribution in [2.24, 2.45) is 0 Å². The van der Waals surface area contributed by atoms with E-state index in [-0.39, 0.29) is 0 Å². The molecule has 0 radical (unpaired) electrons. The molecular weight excluding hydrogens is 625 g/mol. The lowest BCUT2D eigenvalue weighted by molar-refractivity contribution is 1.08. The number of imidazole rings is 4. The SMILES string of the molecule is [2H]C([2H])([2H])[Si]1(C([2H])([2H])[2H])c2cc(-n3c4ccccc4n4c5ccccc5nc34)ccc2Sc2c(-n3c4ccccc4n4c5ccccc5nc34)cccc21. The molecule has 11 rings (SSSR count). The van der Waals surface area contributed by atoms with Gasteiger partial charge in [-0.15, -0.1) is 0 Å². The number of aromatic nitrogens is 6. The standard InChI is InChI=1S/C40H28N6SSi/c1-48(2)36-21-11-20-34(46-33-19-10-9-18-32(33)45-29-15-6-4-13-27(29)42-40(45)46)38(36)47-35-23-22-25(24-37(35)48)43-30-16-7-8-17-31(30)44-28-14-5-3-12-26(28)41-39(43)44/h3-24H,1-2H3/i1D3,2D3. The third-order valence-electron chi connectivity index (χ3n) is 9.69. The maximum absolute atomic E-state index is 9.23. The molecule has 4 aromatic heterocycles. The number of rotatable bonds is 2. The van der Waals surface area contributed by atoms with Crippen molar-refractivity contribution in [3.8, 4) is 11.4 Å². The molecular formula is C40H28N6SSi. The van der Waals surface area contributed by atoms with Gasteiger partial charge in [-0.2, -0.15) is 0 Å². The summed E-state index contributed by atoms with van der Waals surface area (Å²) in [5.41, 5.74) is 8.54. The van der Waals surface area contributed by atoms with Gasteiger partial charge in [-0.1, -0.05) is 85.4 Å². The Hall–Kier alpha value is -5.57. The normalized spacial score (nSPS) is 16.5. The van der Waals surface area contributed by atoms with Crippen LogP contribution in [0.3, 0.4) is 0 Å². The van der Waals surface area contributed by atoms with Gasteiger partial charge in [0.15, 0.2) is 0 Å². The van der Waals surface area contributed by atoms with Crippen molar-refractivity contribution in [3.63, 3.8) is 0 Å². The van der Waals surface area contributed by atoms with Crippen LogP contribution in [0.4, 0.5) is 0 Å². The lowest BCUT2D eigenvalue weighted by Crippen LogP contribution is -2.56. The molecule has 0 atom stereocenters. The van der Waals surface area contributed by atoms with E-state index in [9.17, 15) is 8.22 Å². The van der Waals surface area contributed by atoms with Gasteiger partial charge in [0, 0.05) is 23.7 Å². The third kappa shape index (κ3) is 3.33. The van der Waals surface area contributed by atoms with Crippen LogP contribution in [0, 0.1) is 0 Å². The zero-order chi connectivity index (χ0) is 36.7. The average molecular weight is 659 g/mol. The number of fused-ring (bicyclic) bond motifs is 12. The summed E-state index contributed by atoms with van der Waals surface area (Å²) in [4.78, 5) is 11.3. The molecule has 1 aliphatic heterocycles. The predicted octanol–water partition coefficient (Wildman–Crippen LogP) is 8.46. The van der Waals surface area contributed by atoms with Crippen LogP contribution in [0.15, 0.2) is 143 Å². The van der Waals surface area contributed by atoms with Crippen LogP contribution in [0.25, 0.3) is 67.1 Å². The Morgan fingerprint density at radius 1 is 0.542 bits per heavy atom. The molecule has 0 unspecified atom stereocenters. The molecule has 0 N–H and O–H groups in total. The van der Waals surface area contributed by atoms with Crippen LogP contribution in [0.1, 0.15) is 8.22 Å². The van der Waals surface area contributed by atoms with E-state index in [1.165, 1.54) is 11.8 Å². The Kier molecular flexibility index (Phi) is 4.12. The van der Waals surface area contributed by atoms with Gasteiger partial charge in [-0.05, 0) is 83.2 Å². The molecule has 1 aliphatic rings. The maximum atomic E-state index is 9.23. The minimum absolute atomic E-state index is 0.371. The molecule has 6 aromatic carbocycles. The van der Waals surface area contributed by atoms with Crippen molar-refractivity contribution in [2.45, 2.75) is 22.7 Å². The lowest BCUT2D eigenvalue weighted by Gasteiger charge is -2.34. The highest BCUT2D eigenvalue weighted by Crippen LogP contribution is 2.40. The Morgan fingerprint density at radius 3 is 1.75 bits per heavy atom. The van der Waals surface area contributed by atoms with E-state index in [4.69, 9.17) is 9.97 Å². The van der Waals surface area contributed by atoms with E-state index in [1.807, 2.05) is 130 Å². The van der Waals surface area contributed by atoms with Gasteiger partial charge in [-0.3, -0.25) is 17.9 Å². The highest BCUT2D eigenvalue weighted by atomic mass is 32.2. The van der Waals surface area contributed by atoms with E-state index in [1.54, 1.807) is 12.1 Å². The van der Waals surface area contributed by atoms with Crippen molar-refractivity contribution in [2.75, 3.05) is 0 Å². The van der Waals surface area contributed by atoms with Crippen LogP contribution < -0.4 is 10.4 Å². The highest BCUT2D eigenvalue weighted by Gasteiger charge is 2.37. The van der Waals surface area contributed by atoms with Crippen LogP contribution in [-0.2, 0) is 0 Å². The van der Waals surface area contributed by atoms with Crippen LogP contribution in [-0.4, -0.2) is 36.0 Å². The summed E-state index contributed by atoms with van der Waals surface area (Å²) in [5, 5.41) is 0.742. The molecule has 0 aliphatic carbocycles.